The zero-order chi connectivity index (χ0) is 14.0. The summed E-state index contributed by atoms with van der Waals surface area (Å²) >= 11 is 6.39. The van der Waals surface area contributed by atoms with Crippen molar-refractivity contribution in [2.45, 2.75) is 6.92 Å². The predicted molar refractivity (Wildman–Crippen MR) is 81.9 cm³/mol. The Morgan fingerprint density at radius 3 is 2.79 bits per heavy atom. The number of aryl methyl sites for hydroxylation is 1. The molecular formula is C13H13N3OS2. The quantitative estimate of drug-likeness (QED) is 0.882. The van der Waals surface area contributed by atoms with E-state index in [0.29, 0.717) is 10.7 Å². The minimum Gasteiger partial charge on any atom is -0.389 e. The van der Waals surface area contributed by atoms with Crippen LogP contribution in [0.1, 0.15) is 21.1 Å². The van der Waals surface area contributed by atoms with Gasteiger partial charge in [0, 0.05) is 23.7 Å². The average molecular weight is 291 g/mol. The van der Waals surface area contributed by atoms with Crippen molar-refractivity contribution in [3.05, 3.63) is 45.9 Å². The lowest BCUT2D eigenvalue weighted by molar-refractivity contribution is 0.0989. The summed E-state index contributed by atoms with van der Waals surface area (Å²) in [4.78, 5) is 18.3. The number of aromatic nitrogens is 1. The van der Waals surface area contributed by atoms with Gasteiger partial charge in [0.05, 0.1) is 5.01 Å². The number of nitrogens with zero attached hydrogens (tertiary/aromatic N) is 2. The maximum absolute atomic E-state index is 12.2. The van der Waals surface area contributed by atoms with E-state index in [2.05, 4.69) is 4.98 Å². The molecule has 0 fully saturated rings. The maximum Gasteiger partial charge on any atom is 0.277 e. The van der Waals surface area contributed by atoms with Gasteiger partial charge in [0.15, 0.2) is 0 Å². The number of hydrogen-bond donors (Lipinski definition) is 1. The third kappa shape index (κ3) is 2.97. The second-order valence-corrected chi connectivity index (χ2v) is 5.53. The van der Waals surface area contributed by atoms with E-state index < -0.39 is 0 Å². The van der Waals surface area contributed by atoms with E-state index in [1.165, 1.54) is 16.2 Å². The molecule has 0 aliphatic rings. The number of anilines is 1. The number of thiazole rings is 1. The Bertz CT molecular complexity index is 636. The molecule has 0 radical (unpaired) electrons. The minimum atomic E-state index is -0.149. The molecule has 6 heteroatoms. The van der Waals surface area contributed by atoms with Gasteiger partial charge in [-0.1, -0.05) is 24.4 Å². The van der Waals surface area contributed by atoms with Gasteiger partial charge in [-0.05, 0) is 19.1 Å². The van der Waals surface area contributed by atoms with Crippen molar-refractivity contribution in [1.29, 1.82) is 0 Å². The summed E-state index contributed by atoms with van der Waals surface area (Å²) in [5.74, 6) is -0.149. The van der Waals surface area contributed by atoms with Gasteiger partial charge in [-0.3, -0.25) is 4.79 Å². The van der Waals surface area contributed by atoms with Gasteiger partial charge >= 0.3 is 0 Å². The monoisotopic (exact) mass is 291 g/mol. The SMILES string of the molecule is Cc1nc(C(=O)N(C)c2cccc(C(N)=S)c2)cs1. The normalized spacial score (nSPS) is 10.2. The zero-order valence-corrected chi connectivity index (χ0v) is 12.2. The fourth-order valence-electron chi connectivity index (χ4n) is 1.62. The van der Waals surface area contributed by atoms with E-state index in [1.54, 1.807) is 18.5 Å². The highest BCUT2D eigenvalue weighted by Gasteiger charge is 2.16. The van der Waals surface area contributed by atoms with Crippen LogP contribution in [-0.2, 0) is 0 Å². The zero-order valence-electron chi connectivity index (χ0n) is 10.6. The lowest BCUT2D eigenvalue weighted by Crippen LogP contribution is -2.26. The summed E-state index contributed by atoms with van der Waals surface area (Å²) in [6, 6.07) is 7.26. The highest BCUT2D eigenvalue weighted by atomic mass is 32.1. The molecule has 4 nitrogen and oxygen atoms in total. The van der Waals surface area contributed by atoms with Gasteiger partial charge in [0.1, 0.15) is 10.7 Å². The van der Waals surface area contributed by atoms with Crippen molar-refractivity contribution in [2.24, 2.45) is 5.73 Å². The smallest absolute Gasteiger partial charge is 0.277 e. The summed E-state index contributed by atoms with van der Waals surface area (Å²) in [5, 5.41) is 2.62. The van der Waals surface area contributed by atoms with Gasteiger partial charge in [-0.2, -0.15) is 0 Å². The molecule has 1 heterocycles. The van der Waals surface area contributed by atoms with E-state index in [1.807, 2.05) is 25.1 Å². The van der Waals surface area contributed by atoms with Crippen LogP contribution in [0.2, 0.25) is 0 Å². The predicted octanol–water partition coefficient (Wildman–Crippen LogP) is 2.36. The Hall–Kier alpha value is -1.79. The highest BCUT2D eigenvalue weighted by Crippen LogP contribution is 2.18. The first-order chi connectivity index (χ1) is 8.99. The number of carbonyl (C=O) groups excluding carboxylic acids is 1. The van der Waals surface area contributed by atoms with E-state index in [4.69, 9.17) is 18.0 Å². The van der Waals surface area contributed by atoms with Crippen molar-refractivity contribution >= 4 is 40.1 Å². The van der Waals surface area contributed by atoms with Crippen LogP contribution in [0.25, 0.3) is 0 Å². The number of carbonyl (C=O) groups is 1. The van der Waals surface area contributed by atoms with Gasteiger partial charge in [-0.15, -0.1) is 11.3 Å². The summed E-state index contributed by atoms with van der Waals surface area (Å²) in [6.07, 6.45) is 0. The number of rotatable bonds is 3. The molecule has 19 heavy (non-hydrogen) atoms. The summed E-state index contributed by atoms with van der Waals surface area (Å²) < 4.78 is 0. The third-order valence-corrected chi connectivity index (χ3v) is 3.67. The molecule has 1 amide bonds. The van der Waals surface area contributed by atoms with E-state index >= 15 is 0 Å². The van der Waals surface area contributed by atoms with Crippen molar-refractivity contribution < 1.29 is 4.79 Å². The van der Waals surface area contributed by atoms with Crippen molar-refractivity contribution in [1.82, 2.24) is 4.98 Å². The van der Waals surface area contributed by atoms with Crippen LogP contribution in [-0.4, -0.2) is 22.9 Å². The first-order valence-electron chi connectivity index (χ1n) is 5.59. The number of hydrogen-bond acceptors (Lipinski definition) is 4. The topological polar surface area (TPSA) is 59.2 Å². The highest BCUT2D eigenvalue weighted by molar-refractivity contribution is 7.80. The third-order valence-electron chi connectivity index (χ3n) is 2.66. The van der Waals surface area contributed by atoms with Gasteiger partial charge in [0.2, 0.25) is 0 Å². The molecule has 1 aromatic carbocycles. The van der Waals surface area contributed by atoms with E-state index in [-0.39, 0.29) is 5.91 Å². The molecule has 1 aromatic heterocycles. The molecule has 0 saturated carbocycles. The Morgan fingerprint density at radius 2 is 2.21 bits per heavy atom. The van der Waals surface area contributed by atoms with Gasteiger partial charge < -0.3 is 10.6 Å². The summed E-state index contributed by atoms with van der Waals surface area (Å²) in [6.45, 7) is 1.87. The van der Waals surface area contributed by atoms with Crippen molar-refractivity contribution in [3.8, 4) is 0 Å². The second-order valence-electron chi connectivity index (χ2n) is 4.03. The van der Waals surface area contributed by atoms with Gasteiger partial charge in [-0.25, -0.2) is 4.98 Å². The molecule has 2 rings (SSSR count). The molecule has 2 N–H and O–H groups in total. The first kappa shape index (κ1) is 13.6. The number of amides is 1. The fourth-order valence-corrected chi connectivity index (χ4v) is 2.33. The summed E-state index contributed by atoms with van der Waals surface area (Å²) in [5.41, 5.74) is 7.52. The average Bonchev–Trinajstić information content (AvgIpc) is 2.84. The van der Waals surface area contributed by atoms with Crippen molar-refractivity contribution in [2.75, 3.05) is 11.9 Å². The molecule has 0 bridgehead atoms. The first-order valence-corrected chi connectivity index (χ1v) is 6.88. The molecule has 0 atom stereocenters. The molecule has 2 aromatic rings. The number of nitrogens with two attached hydrogens (primary N) is 1. The minimum absolute atomic E-state index is 0.149. The Balaban J connectivity index is 2.28. The Morgan fingerprint density at radius 1 is 1.47 bits per heavy atom. The Kier molecular flexibility index (Phi) is 3.92. The van der Waals surface area contributed by atoms with Crippen LogP contribution in [0.4, 0.5) is 5.69 Å². The largest absolute Gasteiger partial charge is 0.389 e. The lowest BCUT2D eigenvalue weighted by atomic mass is 10.2. The molecule has 0 spiro atoms. The van der Waals surface area contributed by atoms with Crippen LogP contribution < -0.4 is 10.6 Å². The van der Waals surface area contributed by atoms with Crippen LogP contribution in [0.3, 0.4) is 0 Å². The fraction of sp³-hybridized carbons (Fsp3) is 0.154. The molecule has 0 aliphatic carbocycles. The standard InChI is InChI=1S/C13H13N3OS2/c1-8-15-11(7-19-8)13(17)16(2)10-5-3-4-9(6-10)12(14)18/h3-7H,1-2H3,(H2,14,18). The molecule has 0 aliphatic heterocycles. The molecule has 0 unspecified atom stereocenters. The van der Waals surface area contributed by atoms with Crippen molar-refractivity contribution in [3.63, 3.8) is 0 Å². The molecular weight excluding hydrogens is 278 g/mol. The van der Waals surface area contributed by atoms with E-state index in [0.717, 1.165) is 16.3 Å². The van der Waals surface area contributed by atoms with Crippen LogP contribution in [0.5, 0.6) is 0 Å². The molecule has 98 valence electrons. The summed E-state index contributed by atoms with van der Waals surface area (Å²) in [7, 11) is 1.70. The number of benzene rings is 1. The van der Waals surface area contributed by atoms with E-state index in [9.17, 15) is 4.79 Å². The second kappa shape index (κ2) is 5.46. The molecule has 0 saturated heterocycles. The van der Waals surface area contributed by atoms with Crippen LogP contribution >= 0.6 is 23.6 Å². The number of thiocarbonyl (C=S) groups is 1. The Labute approximate surface area is 120 Å². The maximum atomic E-state index is 12.2. The lowest BCUT2D eigenvalue weighted by Gasteiger charge is -2.16. The van der Waals surface area contributed by atoms with Crippen LogP contribution in [0.15, 0.2) is 29.6 Å². The van der Waals surface area contributed by atoms with Crippen LogP contribution in [0, 0.1) is 6.92 Å². The van der Waals surface area contributed by atoms with Gasteiger partial charge in [0.25, 0.3) is 5.91 Å².